The Hall–Kier alpha value is -1.18. The van der Waals surface area contributed by atoms with Gasteiger partial charge < -0.3 is 24.4 Å². The molecular formula is C21H36O7. The maximum atomic E-state index is 12.5. The summed E-state index contributed by atoms with van der Waals surface area (Å²) in [5, 5.41) is 18.9. The molecule has 2 saturated heterocycles. The molecule has 2 rings (SSSR count). The van der Waals surface area contributed by atoms with Crippen LogP contribution in [0.2, 0.25) is 0 Å². The molecule has 2 aliphatic heterocycles. The van der Waals surface area contributed by atoms with Gasteiger partial charge in [0.15, 0.2) is 0 Å². The number of carboxylic acids is 1. The van der Waals surface area contributed by atoms with Crippen LogP contribution >= 0.6 is 0 Å². The largest absolute Gasteiger partial charge is 0.481 e. The van der Waals surface area contributed by atoms with Crippen LogP contribution in [0.1, 0.15) is 72.6 Å². The monoisotopic (exact) mass is 400 g/mol. The summed E-state index contributed by atoms with van der Waals surface area (Å²) in [6, 6.07) is 0. The van der Waals surface area contributed by atoms with Crippen molar-refractivity contribution < 1.29 is 34.0 Å². The predicted octanol–water partition coefficient (Wildman–Crippen LogP) is 2.92. The third-order valence-corrected chi connectivity index (χ3v) is 6.08. The van der Waals surface area contributed by atoms with E-state index < -0.39 is 11.9 Å². The number of ether oxygens (including phenoxy) is 3. The first kappa shape index (κ1) is 23.1. The first-order valence-electron chi connectivity index (χ1n) is 10.6. The van der Waals surface area contributed by atoms with Gasteiger partial charge in [-0.3, -0.25) is 9.59 Å². The highest BCUT2D eigenvalue weighted by Crippen LogP contribution is 2.31. The molecule has 0 aromatic heterocycles. The Morgan fingerprint density at radius 2 is 1.50 bits per heavy atom. The number of hydrogen-bond acceptors (Lipinski definition) is 6. The zero-order chi connectivity index (χ0) is 20.8. The van der Waals surface area contributed by atoms with Gasteiger partial charge in [-0.05, 0) is 59.3 Å². The summed E-state index contributed by atoms with van der Waals surface area (Å²) in [7, 11) is 0. The van der Waals surface area contributed by atoms with Crippen molar-refractivity contribution in [3.8, 4) is 0 Å². The summed E-state index contributed by atoms with van der Waals surface area (Å²) >= 11 is 0. The average Bonchev–Trinajstić information content (AvgIpc) is 3.29. The van der Waals surface area contributed by atoms with Crippen molar-refractivity contribution in [3.63, 3.8) is 0 Å². The minimum atomic E-state index is -0.847. The van der Waals surface area contributed by atoms with Gasteiger partial charge in [0.2, 0.25) is 0 Å². The standard InChI is InChI=1S/C21H36O7/c1-5-15(22)11-17-7-9-19(28-17)14(4)21(25)26-12(2)10-16-6-8-18(27-16)13(3)20(23)24/h12-19,22H,5-11H2,1-4H3,(H,23,24)/t12-,13+,14+,15+,16-,17-,18+,19+/m0/s1. The summed E-state index contributed by atoms with van der Waals surface area (Å²) in [6.07, 6.45) is 3.88. The zero-order valence-corrected chi connectivity index (χ0v) is 17.5. The van der Waals surface area contributed by atoms with E-state index in [1.165, 1.54) is 0 Å². The molecule has 0 spiro atoms. The molecule has 8 atom stereocenters. The van der Waals surface area contributed by atoms with Crippen molar-refractivity contribution in [1.82, 2.24) is 0 Å². The lowest BCUT2D eigenvalue weighted by Crippen LogP contribution is -2.32. The predicted molar refractivity (Wildman–Crippen MR) is 103 cm³/mol. The second kappa shape index (κ2) is 10.6. The van der Waals surface area contributed by atoms with E-state index in [4.69, 9.17) is 19.3 Å². The highest BCUT2D eigenvalue weighted by atomic mass is 16.6. The lowest BCUT2D eigenvalue weighted by atomic mass is 10.0. The number of aliphatic hydroxyl groups excluding tert-OH is 1. The van der Waals surface area contributed by atoms with E-state index in [1.807, 2.05) is 20.8 Å². The lowest BCUT2D eigenvalue weighted by Gasteiger charge is -2.23. The summed E-state index contributed by atoms with van der Waals surface area (Å²) in [4.78, 5) is 23.6. The molecule has 2 N–H and O–H groups in total. The van der Waals surface area contributed by atoms with Gasteiger partial charge in [0.05, 0.1) is 42.4 Å². The molecule has 162 valence electrons. The Bertz CT molecular complexity index is 523. The van der Waals surface area contributed by atoms with E-state index in [1.54, 1.807) is 6.92 Å². The summed E-state index contributed by atoms with van der Waals surface area (Å²) in [6.45, 7) is 7.28. The van der Waals surface area contributed by atoms with Crippen LogP contribution in [0.15, 0.2) is 0 Å². The minimum absolute atomic E-state index is 0.00710. The van der Waals surface area contributed by atoms with Crippen molar-refractivity contribution >= 4 is 11.9 Å². The van der Waals surface area contributed by atoms with E-state index in [2.05, 4.69) is 0 Å². The minimum Gasteiger partial charge on any atom is -0.481 e. The van der Waals surface area contributed by atoms with Crippen molar-refractivity contribution in [2.24, 2.45) is 11.8 Å². The summed E-state index contributed by atoms with van der Waals surface area (Å²) in [5.41, 5.74) is 0. The molecule has 0 unspecified atom stereocenters. The average molecular weight is 401 g/mol. The van der Waals surface area contributed by atoms with Crippen LogP contribution < -0.4 is 0 Å². The van der Waals surface area contributed by atoms with Crippen LogP contribution in [0.25, 0.3) is 0 Å². The number of hydrogen-bond donors (Lipinski definition) is 2. The third kappa shape index (κ3) is 6.42. The quantitative estimate of drug-likeness (QED) is 0.544. The molecule has 0 aromatic carbocycles. The van der Waals surface area contributed by atoms with Crippen molar-refractivity contribution in [3.05, 3.63) is 0 Å². The van der Waals surface area contributed by atoms with Gasteiger partial charge in [0, 0.05) is 6.42 Å². The first-order valence-corrected chi connectivity index (χ1v) is 10.6. The molecule has 0 aromatic rings. The van der Waals surface area contributed by atoms with Crippen LogP contribution in [0.5, 0.6) is 0 Å². The van der Waals surface area contributed by atoms with Crippen molar-refractivity contribution in [2.75, 3.05) is 0 Å². The van der Waals surface area contributed by atoms with Crippen molar-refractivity contribution in [1.29, 1.82) is 0 Å². The number of rotatable bonds is 10. The third-order valence-electron chi connectivity index (χ3n) is 6.08. The second-order valence-electron chi connectivity index (χ2n) is 8.44. The van der Waals surface area contributed by atoms with Crippen LogP contribution in [0, 0.1) is 11.8 Å². The number of esters is 1. The zero-order valence-electron chi connectivity index (χ0n) is 17.5. The fourth-order valence-electron chi connectivity index (χ4n) is 4.05. The van der Waals surface area contributed by atoms with Gasteiger partial charge in [-0.1, -0.05) is 6.92 Å². The van der Waals surface area contributed by atoms with Crippen LogP contribution in [-0.4, -0.2) is 58.8 Å². The number of aliphatic hydroxyl groups is 1. The fraction of sp³-hybridized carbons (Fsp3) is 0.905. The van der Waals surface area contributed by atoms with Gasteiger partial charge in [-0.15, -0.1) is 0 Å². The van der Waals surface area contributed by atoms with E-state index in [9.17, 15) is 14.7 Å². The molecule has 0 amide bonds. The highest BCUT2D eigenvalue weighted by Gasteiger charge is 2.36. The van der Waals surface area contributed by atoms with Crippen LogP contribution in [0.3, 0.4) is 0 Å². The normalized spacial score (nSPS) is 31.9. The Kier molecular flexibility index (Phi) is 8.71. The number of carbonyl (C=O) groups is 2. The van der Waals surface area contributed by atoms with E-state index in [-0.39, 0.29) is 48.5 Å². The van der Waals surface area contributed by atoms with Gasteiger partial charge in [0.1, 0.15) is 6.10 Å². The smallest absolute Gasteiger partial charge is 0.311 e. The fourth-order valence-corrected chi connectivity index (χ4v) is 4.05. The molecule has 0 aliphatic carbocycles. The lowest BCUT2D eigenvalue weighted by molar-refractivity contribution is -0.159. The summed E-state index contributed by atoms with van der Waals surface area (Å²) < 4.78 is 17.4. The van der Waals surface area contributed by atoms with E-state index in [0.29, 0.717) is 19.3 Å². The molecule has 2 fully saturated rings. The number of carbonyl (C=O) groups excluding carboxylic acids is 1. The van der Waals surface area contributed by atoms with E-state index in [0.717, 1.165) is 25.7 Å². The topological polar surface area (TPSA) is 102 Å². The molecule has 0 saturated carbocycles. The van der Waals surface area contributed by atoms with Crippen molar-refractivity contribution in [2.45, 2.75) is 109 Å². The summed E-state index contributed by atoms with van der Waals surface area (Å²) in [5.74, 6) is -2.00. The Balaban J connectivity index is 1.73. The molecule has 28 heavy (non-hydrogen) atoms. The Morgan fingerprint density at radius 1 is 0.964 bits per heavy atom. The molecule has 7 heteroatoms. The van der Waals surface area contributed by atoms with Gasteiger partial charge in [-0.2, -0.15) is 0 Å². The van der Waals surface area contributed by atoms with E-state index >= 15 is 0 Å². The molecule has 2 aliphatic rings. The maximum absolute atomic E-state index is 12.5. The van der Waals surface area contributed by atoms with Gasteiger partial charge in [-0.25, -0.2) is 0 Å². The molecule has 7 nitrogen and oxygen atoms in total. The van der Waals surface area contributed by atoms with Gasteiger partial charge in [0.25, 0.3) is 0 Å². The van der Waals surface area contributed by atoms with Crippen LogP contribution in [0.4, 0.5) is 0 Å². The first-order chi connectivity index (χ1) is 13.2. The second-order valence-corrected chi connectivity index (χ2v) is 8.44. The molecule has 0 radical (unpaired) electrons. The maximum Gasteiger partial charge on any atom is 0.311 e. The SMILES string of the molecule is CC[C@@H](O)C[C@@H]1CC[C@H]([C@@H](C)C(=O)O[C@@H](C)C[C@@H]2CC[C@H]([C@@H](C)C(=O)O)O2)O1. The molecule has 0 bridgehead atoms. The Morgan fingerprint density at radius 3 is 2.04 bits per heavy atom. The number of carboxylic acid groups (broad SMARTS) is 1. The Labute approximate surface area is 167 Å². The molecular weight excluding hydrogens is 364 g/mol. The van der Waals surface area contributed by atoms with Crippen LogP contribution in [-0.2, 0) is 23.8 Å². The number of aliphatic carboxylic acids is 1. The highest BCUT2D eigenvalue weighted by molar-refractivity contribution is 5.73. The molecule has 2 heterocycles. The van der Waals surface area contributed by atoms with Gasteiger partial charge >= 0.3 is 11.9 Å².